The topological polar surface area (TPSA) is 155 Å². The molecule has 0 unspecified atom stereocenters. The molecule has 3 N–H and O–H groups in total. The first-order valence-corrected chi connectivity index (χ1v) is 19.5. The van der Waals surface area contributed by atoms with Gasteiger partial charge in [-0.1, -0.05) is 11.6 Å². The van der Waals surface area contributed by atoms with Crippen LogP contribution in [0.5, 0.6) is 23.0 Å². The van der Waals surface area contributed by atoms with Crippen LogP contribution in [0.1, 0.15) is 67.2 Å². The van der Waals surface area contributed by atoms with Crippen molar-refractivity contribution >= 4 is 51.3 Å². The van der Waals surface area contributed by atoms with Crippen molar-refractivity contribution in [2.75, 3.05) is 59.5 Å². The fourth-order valence-electron chi connectivity index (χ4n) is 6.35. The van der Waals surface area contributed by atoms with Gasteiger partial charge in [0, 0.05) is 66.2 Å². The van der Waals surface area contributed by atoms with Crippen molar-refractivity contribution < 1.29 is 38.0 Å². The highest BCUT2D eigenvalue weighted by Gasteiger charge is 2.25. The number of hydrogen-bond donors (Lipinski definition) is 3. The standard InChI is InChI=1S/C21H29N3O4.C11H10ClNO2.C10H20N2O2/c1-21(2,3)28-20(25)23-14-7-10-24(11-8-14)17-6-9-22-16-13-19(27-5)18(26-4)12-15(16)17;1-14-10-5-7-8(12)3-4-13-9(7)6-11(10)15-2;1-10(2,3)14-9(13)12-8-4-6-11-7-5-8/h6,9,12-14H,7-8,10-11H2,1-5H3,(H,23,25);3-6H,1-2H3;8,11H,4-7H2,1-3H3,(H,12,13). The van der Waals surface area contributed by atoms with Crippen LogP contribution in [0, 0.1) is 0 Å². The molecule has 2 aliphatic rings. The number of fused-ring (bicyclic) bond motifs is 2. The molecule has 2 aromatic heterocycles. The number of carbonyl (C=O) groups is 2. The van der Waals surface area contributed by atoms with Crippen LogP contribution in [0.4, 0.5) is 15.3 Å². The van der Waals surface area contributed by atoms with Gasteiger partial charge >= 0.3 is 12.2 Å². The number of methoxy groups -OCH3 is 4. The van der Waals surface area contributed by atoms with Gasteiger partial charge in [-0.3, -0.25) is 9.97 Å². The molecule has 312 valence electrons. The number of benzene rings is 2. The van der Waals surface area contributed by atoms with Gasteiger partial charge in [0.1, 0.15) is 11.2 Å². The van der Waals surface area contributed by atoms with Crippen molar-refractivity contribution in [2.24, 2.45) is 0 Å². The Bertz CT molecular complexity index is 1940. The Labute approximate surface area is 341 Å². The van der Waals surface area contributed by atoms with E-state index in [0.29, 0.717) is 28.0 Å². The van der Waals surface area contributed by atoms with Crippen LogP contribution in [0.3, 0.4) is 0 Å². The Morgan fingerprint density at radius 3 is 1.56 bits per heavy atom. The van der Waals surface area contributed by atoms with Gasteiger partial charge in [0.15, 0.2) is 23.0 Å². The third kappa shape index (κ3) is 13.6. The number of aromatic nitrogens is 2. The minimum atomic E-state index is -0.485. The van der Waals surface area contributed by atoms with Crippen molar-refractivity contribution in [3.8, 4) is 23.0 Å². The Balaban J connectivity index is 0.000000209. The summed E-state index contributed by atoms with van der Waals surface area (Å²) in [5, 5.41) is 11.6. The molecule has 2 saturated heterocycles. The van der Waals surface area contributed by atoms with Crippen LogP contribution in [0.25, 0.3) is 21.8 Å². The molecule has 4 heterocycles. The van der Waals surface area contributed by atoms with Gasteiger partial charge in [0.2, 0.25) is 0 Å². The largest absolute Gasteiger partial charge is 0.493 e. The first kappa shape index (κ1) is 44.8. The Hall–Kier alpha value is -4.95. The molecule has 2 aromatic carbocycles. The molecule has 14 nitrogen and oxygen atoms in total. The van der Waals surface area contributed by atoms with Gasteiger partial charge in [-0.15, -0.1) is 0 Å². The van der Waals surface area contributed by atoms with E-state index in [1.54, 1.807) is 46.8 Å². The number of piperidine rings is 2. The van der Waals surface area contributed by atoms with Crippen molar-refractivity contribution in [3.05, 3.63) is 53.8 Å². The molecule has 6 rings (SSSR count). The molecule has 2 aliphatic heterocycles. The number of alkyl carbamates (subject to hydrolysis) is 2. The number of pyridine rings is 2. The van der Waals surface area contributed by atoms with Crippen molar-refractivity contribution in [2.45, 2.75) is 90.5 Å². The van der Waals surface area contributed by atoms with Gasteiger partial charge in [-0.2, -0.15) is 0 Å². The van der Waals surface area contributed by atoms with Crippen molar-refractivity contribution in [3.63, 3.8) is 0 Å². The predicted molar refractivity (Wildman–Crippen MR) is 225 cm³/mol. The zero-order chi connectivity index (χ0) is 41.8. The quantitative estimate of drug-likeness (QED) is 0.166. The highest BCUT2D eigenvalue weighted by atomic mass is 35.5. The molecular weight excluding hydrogens is 752 g/mol. The second-order valence-corrected chi connectivity index (χ2v) is 16.1. The summed E-state index contributed by atoms with van der Waals surface area (Å²) in [6.07, 6.45) is 6.51. The van der Waals surface area contributed by atoms with E-state index in [1.165, 1.54) is 0 Å². The van der Waals surface area contributed by atoms with E-state index >= 15 is 0 Å². The first-order chi connectivity index (χ1) is 27.0. The number of rotatable bonds is 7. The molecule has 15 heteroatoms. The van der Waals surface area contributed by atoms with Crippen LogP contribution in [0.2, 0.25) is 5.02 Å². The van der Waals surface area contributed by atoms with Crippen LogP contribution >= 0.6 is 11.6 Å². The summed E-state index contributed by atoms with van der Waals surface area (Å²) in [7, 11) is 6.44. The summed E-state index contributed by atoms with van der Waals surface area (Å²) in [6, 6.07) is 11.7. The lowest BCUT2D eigenvalue weighted by atomic mass is 10.0. The summed E-state index contributed by atoms with van der Waals surface area (Å²) in [5.41, 5.74) is 1.88. The Kier molecular flexibility index (Phi) is 16.1. The number of ether oxygens (including phenoxy) is 6. The van der Waals surface area contributed by atoms with Crippen LogP contribution in [-0.2, 0) is 9.47 Å². The average Bonchev–Trinajstić information content (AvgIpc) is 3.16. The molecular formula is C42H59ClN6O8. The van der Waals surface area contributed by atoms with E-state index in [2.05, 4.69) is 30.8 Å². The third-order valence-electron chi connectivity index (χ3n) is 9.03. The molecule has 0 atom stereocenters. The summed E-state index contributed by atoms with van der Waals surface area (Å²) in [4.78, 5) is 34.4. The van der Waals surface area contributed by atoms with Gasteiger partial charge < -0.3 is 49.3 Å². The van der Waals surface area contributed by atoms with Crippen LogP contribution in [0.15, 0.2) is 48.8 Å². The number of hydrogen-bond acceptors (Lipinski definition) is 12. The maximum absolute atomic E-state index is 12.0. The number of nitrogens with one attached hydrogen (secondary N) is 3. The molecule has 0 saturated carbocycles. The highest BCUT2D eigenvalue weighted by molar-refractivity contribution is 6.35. The Morgan fingerprint density at radius 2 is 1.09 bits per heavy atom. The van der Waals surface area contributed by atoms with Gasteiger partial charge in [-0.05, 0) is 105 Å². The smallest absolute Gasteiger partial charge is 0.407 e. The van der Waals surface area contributed by atoms with Crippen LogP contribution in [-0.4, -0.2) is 100 Å². The van der Waals surface area contributed by atoms with E-state index in [9.17, 15) is 9.59 Å². The summed E-state index contributed by atoms with van der Waals surface area (Å²) >= 11 is 6.05. The molecule has 4 aromatic rings. The maximum atomic E-state index is 12.0. The van der Waals surface area contributed by atoms with E-state index in [1.807, 2.05) is 72.0 Å². The van der Waals surface area contributed by atoms with Gasteiger partial charge in [-0.25, -0.2) is 9.59 Å². The SMILES string of the molecule is CC(C)(C)OC(=O)NC1CCNCC1.COc1cc2nccc(Cl)c2cc1OC.COc1cc2nccc(N3CCC(NC(=O)OC(C)(C)C)CC3)c2cc1OC. The number of halogens is 1. The minimum absolute atomic E-state index is 0.119. The fraction of sp³-hybridized carbons (Fsp3) is 0.524. The Morgan fingerprint density at radius 1 is 0.667 bits per heavy atom. The molecule has 0 radical (unpaired) electrons. The van der Waals surface area contributed by atoms with E-state index in [4.69, 9.17) is 40.0 Å². The lowest BCUT2D eigenvalue weighted by Gasteiger charge is -2.34. The maximum Gasteiger partial charge on any atom is 0.407 e. The van der Waals surface area contributed by atoms with E-state index in [-0.39, 0.29) is 24.3 Å². The lowest BCUT2D eigenvalue weighted by molar-refractivity contribution is 0.0484. The molecule has 2 fully saturated rings. The predicted octanol–water partition coefficient (Wildman–Crippen LogP) is 7.91. The number of carbonyl (C=O) groups excluding carboxylic acids is 2. The van der Waals surface area contributed by atoms with E-state index in [0.717, 1.165) is 79.4 Å². The number of amides is 2. The minimum Gasteiger partial charge on any atom is -0.493 e. The summed E-state index contributed by atoms with van der Waals surface area (Å²) < 4.78 is 31.7. The normalized spacial score (nSPS) is 15.0. The molecule has 2 amide bonds. The van der Waals surface area contributed by atoms with Gasteiger partial charge in [0.25, 0.3) is 0 Å². The number of anilines is 1. The number of nitrogens with zero attached hydrogens (tertiary/aromatic N) is 3. The second-order valence-electron chi connectivity index (χ2n) is 15.6. The third-order valence-corrected chi connectivity index (χ3v) is 9.36. The van der Waals surface area contributed by atoms with E-state index < -0.39 is 11.2 Å². The van der Waals surface area contributed by atoms with Crippen molar-refractivity contribution in [1.29, 1.82) is 0 Å². The summed E-state index contributed by atoms with van der Waals surface area (Å²) in [6.45, 7) is 14.8. The molecule has 0 aliphatic carbocycles. The van der Waals surface area contributed by atoms with Crippen molar-refractivity contribution in [1.82, 2.24) is 25.9 Å². The zero-order valence-electron chi connectivity index (χ0n) is 34.9. The fourth-order valence-corrected chi connectivity index (χ4v) is 6.56. The molecule has 0 bridgehead atoms. The summed E-state index contributed by atoms with van der Waals surface area (Å²) in [5.74, 6) is 2.66. The molecule has 0 spiro atoms. The molecule has 57 heavy (non-hydrogen) atoms. The average molecular weight is 811 g/mol. The van der Waals surface area contributed by atoms with Crippen LogP contribution < -0.4 is 39.8 Å². The van der Waals surface area contributed by atoms with Gasteiger partial charge in [0.05, 0.1) is 44.5 Å². The lowest BCUT2D eigenvalue weighted by Crippen LogP contribution is -2.46. The zero-order valence-corrected chi connectivity index (χ0v) is 35.7. The second kappa shape index (κ2) is 20.5. The monoisotopic (exact) mass is 810 g/mol. The highest BCUT2D eigenvalue weighted by Crippen LogP contribution is 2.37. The first-order valence-electron chi connectivity index (χ1n) is 19.2.